The number of likely N-dealkylation sites (tertiary alicyclic amines) is 1. The van der Waals surface area contributed by atoms with Gasteiger partial charge in [0.2, 0.25) is 5.91 Å². The number of nitrogens with one attached hydrogen (secondary N) is 1. The van der Waals surface area contributed by atoms with E-state index in [1.807, 2.05) is 31.2 Å². The number of carbonyl (C=O) groups excluding carboxylic acids is 2. The van der Waals surface area contributed by atoms with Crippen molar-refractivity contribution in [2.75, 3.05) is 19.7 Å². The zero-order valence-corrected chi connectivity index (χ0v) is 19.1. The third kappa shape index (κ3) is 4.92. The molecule has 180 valence electrons. The molecule has 8 heteroatoms. The fourth-order valence-corrected chi connectivity index (χ4v) is 4.93. The first-order valence-electron chi connectivity index (χ1n) is 11.7. The molecule has 34 heavy (non-hydrogen) atoms. The summed E-state index contributed by atoms with van der Waals surface area (Å²) in [5.74, 6) is -1.64. The van der Waals surface area contributed by atoms with E-state index in [1.54, 1.807) is 0 Å². The lowest BCUT2D eigenvalue weighted by atomic mass is 9.98. The summed E-state index contributed by atoms with van der Waals surface area (Å²) in [5.41, 5.74) is 4.58. The third-order valence-electron chi connectivity index (χ3n) is 6.80. The Balaban J connectivity index is 1.30. The Morgan fingerprint density at radius 1 is 1.09 bits per heavy atom. The number of aliphatic hydroxyl groups is 1. The number of rotatable bonds is 8. The lowest BCUT2D eigenvalue weighted by Gasteiger charge is -2.24. The predicted octanol–water partition coefficient (Wildman–Crippen LogP) is 2.99. The molecule has 0 radical (unpaired) electrons. The molecule has 1 saturated heterocycles. The number of fused-ring (bicyclic) bond motifs is 3. The molecule has 1 heterocycles. The van der Waals surface area contributed by atoms with Crippen LogP contribution in [0.5, 0.6) is 0 Å². The molecule has 2 aromatic rings. The molecule has 8 nitrogen and oxygen atoms in total. The summed E-state index contributed by atoms with van der Waals surface area (Å²) in [4.78, 5) is 37.7. The topological polar surface area (TPSA) is 116 Å². The Kier molecular flexibility index (Phi) is 7.17. The molecule has 3 N–H and O–H groups in total. The van der Waals surface area contributed by atoms with Crippen molar-refractivity contribution in [3.8, 4) is 11.1 Å². The van der Waals surface area contributed by atoms with Crippen LogP contribution < -0.4 is 5.32 Å². The number of ether oxygens (including phenoxy) is 1. The third-order valence-corrected chi connectivity index (χ3v) is 6.80. The van der Waals surface area contributed by atoms with Crippen molar-refractivity contribution in [1.82, 2.24) is 10.2 Å². The zero-order valence-electron chi connectivity index (χ0n) is 19.1. The molecule has 3 atom stereocenters. The highest BCUT2D eigenvalue weighted by molar-refractivity contribution is 5.84. The van der Waals surface area contributed by atoms with E-state index in [9.17, 15) is 24.6 Å². The number of aliphatic hydroxyl groups excluding tert-OH is 1. The normalized spacial score (nSPS) is 19.9. The van der Waals surface area contributed by atoms with Crippen molar-refractivity contribution in [1.29, 1.82) is 0 Å². The van der Waals surface area contributed by atoms with Crippen molar-refractivity contribution in [2.24, 2.45) is 5.92 Å². The highest BCUT2D eigenvalue weighted by Gasteiger charge is 2.39. The SMILES string of the molecule is CCC(CNC(=O)OCC1c2ccccc2-c2ccccc21)CC(=O)N1CC(O)C[C@H]1C(=O)O. The summed E-state index contributed by atoms with van der Waals surface area (Å²) >= 11 is 0. The van der Waals surface area contributed by atoms with Gasteiger partial charge in [0, 0.05) is 31.8 Å². The number of aliphatic carboxylic acids is 1. The van der Waals surface area contributed by atoms with Crippen molar-refractivity contribution in [3.63, 3.8) is 0 Å². The lowest BCUT2D eigenvalue weighted by Crippen LogP contribution is -2.42. The standard InChI is InChI=1S/C26H30N2O6/c1-2-16(11-24(30)28-14-17(29)12-23(28)25(31)32)13-27-26(33)34-15-22-20-9-5-3-7-18(20)19-8-4-6-10-21(19)22/h3-10,16-17,22-23,29H,2,11-15H2,1H3,(H,27,33)(H,31,32)/t16?,17?,23-/m0/s1. The number of carboxylic acid groups (broad SMARTS) is 1. The van der Waals surface area contributed by atoms with Gasteiger partial charge < -0.3 is 25.2 Å². The summed E-state index contributed by atoms with van der Waals surface area (Å²) in [6, 6.07) is 15.2. The maximum atomic E-state index is 12.7. The quantitative estimate of drug-likeness (QED) is 0.551. The monoisotopic (exact) mass is 466 g/mol. The Morgan fingerprint density at radius 2 is 1.71 bits per heavy atom. The molecule has 1 fully saturated rings. The van der Waals surface area contributed by atoms with Crippen molar-refractivity contribution in [2.45, 2.75) is 44.2 Å². The molecule has 0 aromatic heterocycles. The average Bonchev–Trinajstić information content (AvgIpc) is 3.38. The van der Waals surface area contributed by atoms with Crippen LogP contribution in [0.3, 0.4) is 0 Å². The van der Waals surface area contributed by atoms with Crippen LogP contribution in [-0.2, 0) is 14.3 Å². The highest BCUT2D eigenvalue weighted by atomic mass is 16.5. The number of carboxylic acids is 1. The second-order valence-electron chi connectivity index (χ2n) is 8.97. The number of amides is 2. The predicted molar refractivity (Wildman–Crippen MR) is 125 cm³/mol. The Labute approximate surface area is 198 Å². The van der Waals surface area contributed by atoms with E-state index in [1.165, 1.54) is 4.90 Å². The van der Waals surface area contributed by atoms with Gasteiger partial charge in [-0.25, -0.2) is 9.59 Å². The smallest absolute Gasteiger partial charge is 0.407 e. The number of benzene rings is 2. The summed E-state index contributed by atoms with van der Waals surface area (Å²) in [7, 11) is 0. The van der Waals surface area contributed by atoms with Gasteiger partial charge in [-0.1, -0.05) is 61.9 Å². The molecular formula is C26H30N2O6. The van der Waals surface area contributed by atoms with Crippen LogP contribution in [0.1, 0.15) is 43.2 Å². The molecule has 2 aliphatic rings. The fourth-order valence-electron chi connectivity index (χ4n) is 4.93. The Morgan fingerprint density at radius 3 is 2.29 bits per heavy atom. The van der Waals surface area contributed by atoms with Crippen LogP contribution in [0.15, 0.2) is 48.5 Å². The van der Waals surface area contributed by atoms with E-state index >= 15 is 0 Å². The Hall–Kier alpha value is -3.39. The minimum Gasteiger partial charge on any atom is -0.480 e. The van der Waals surface area contributed by atoms with E-state index in [0.717, 1.165) is 22.3 Å². The first-order chi connectivity index (χ1) is 16.4. The summed E-state index contributed by atoms with van der Waals surface area (Å²) in [5, 5.41) is 21.8. The number of β-amino-alcohol motifs (C(OH)–C–C–N with tert-alkyl or cyclic N) is 1. The molecule has 1 aliphatic carbocycles. The van der Waals surface area contributed by atoms with Crippen LogP contribution in [0.25, 0.3) is 11.1 Å². The van der Waals surface area contributed by atoms with Crippen molar-refractivity contribution in [3.05, 3.63) is 59.7 Å². The van der Waals surface area contributed by atoms with Crippen LogP contribution >= 0.6 is 0 Å². The van der Waals surface area contributed by atoms with Crippen LogP contribution in [-0.4, -0.2) is 64.9 Å². The molecule has 1 aliphatic heterocycles. The van der Waals surface area contributed by atoms with Gasteiger partial charge in [-0.05, 0) is 28.2 Å². The van der Waals surface area contributed by atoms with Gasteiger partial charge in [-0.2, -0.15) is 0 Å². The second kappa shape index (κ2) is 10.3. The lowest BCUT2D eigenvalue weighted by molar-refractivity contribution is -0.148. The number of alkyl carbamates (subject to hydrolysis) is 1. The molecule has 0 bridgehead atoms. The Bertz CT molecular complexity index is 1030. The zero-order chi connectivity index (χ0) is 24.2. The largest absolute Gasteiger partial charge is 0.480 e. The molecule has 2 amide bonds. The van der Waals surface area contributed by atoms with Gasteiger partial charge in [0.15, 0.2) is 0 Å². The molecule has 0 saturated carbocycles. The molecule has 0 spiro atoms. The number of hydrogen-bond donors (Lipinski definition) is 3. The van der Waals surface area contributed by atoms with E-state index in [-0.39, 0.29) is 50.3 Å². The van der Waals surface area contributed by atoms with Gasteiger partial charge in [-0.15, -0.1) is 0 Å². The van der Waals surface area contributed by atoms with Crippen molar-refractivity contribution < 1.29 is 29.3 Å². The van der Waals surface area contributed by atoms with Gasteiger partial charge in [-0.3, -0.25) is 4.79 Å². The minimum atomic E-state index is -1.12. The maximum Gasteiger partial charge on any atom is 0.407 e. The summed E-state index contributed by atoms with van der Waals surface area (Å²) in [6.07, 6.45) is -0.618. The average molecular weight is 467 g/mol. The second-order valence-corrected chi connectivity index (χ2v) is 8.97. The van der Waals surface area contributed by atoms with Crippen molar-refractivity contribution >= 4 is 18.0 Å². The van der Waals surface area contributed by atoms with Gasteiger partial charge in [0.25, 0.3) is 0 Å². The van der Waals surface area contributed by atoms with Crippen LogP contribution in [0.2, 0.25) is 0 Å². The van der Waals surface area contributed by atoms with E-state index in [4.69, 9.17) is 4.74 Å². The number of hydrogen-bond acceptors (Lipinski definition) is 5. The summed E-state index contributed by atoms with van der Waals surface area (Å²) in [6.45, 7) is 2.38. The van der Waals surface area contributed by atoms with E-state index in [2.05, 4.69) is 29.6 Å². The molecular weight excluding hydrogens is 436 g/mol. The van der Waals surface area contributed by atoms with Crippen LogP contribution in [0, 0.1) is 5.92 Å². The minimum absolute atomic E-state index is 0.0199. The van der Waals surface area contributed by atoms with Gasteiger partial charge in [0.05, 0.1) is 6.10 Å². The van der Waals surface area contributed by atoms with Crippen LogP contribution in [0.4, 0.5) is 4.79 Å². The summed E-state index contributed by atoms with van der Waals surface area (Å²) < 4.78 is 5.55. The number of carbonyl (C=O) groups is 3. The first-order valence-corrected chi connectivity index (χ1v) is 11.7. The van der Waals surface area contributed by atoms with E-state index < -0.39 is 24.2 Å². The molecule has 2 aromatic carbocycles. The molecule has 4 rings (SSSR count). The highest BCUT2D eigenvalue weighted by Crippen LogP contribution is 2.44. The number of nitrogens with zero attached hydrogens (tertiary/aromatic N) is 1. The maximum absolute atomic E-state index is 12.7. The van der Waals surface area contributed by atoms with Gasteiger partial charge in [0.1, 0.15) is 12.6 Å². The van der Waals surface area contributed by atoms with E-state index in [0.29, 0.717) is 6.42 Å². The van der Waals surface area contributed by atoms with Gasteiger partial charge >= 0.3 is 12.1 Å². The fraction of sp³-hybridized carbons (Fsp3) is 0.423. The first kappa shape index (κ1) is 23.8. The molecule has 2 unspecified atom stereocenters.